The molecular weight excluding hydrogens is 937 g/mol. The predicted molar refractivity (Wildman–Crippen MR) is 286 cm³/mol. The monoisotopic (exact) mass is 1020 g/mol. The highest BCUT2D eigenvalue weighted by Gasteiger charge is 2.46. The summed E-state index contributed by atoms with van der Waals surface area (Å²) in [4.78, 5) is 80.8. The Kier molecular flexibility index (Phi) is 22.4. The number of nitrogens with one attached hydrogen (secondary N) is 6. The van der Waals surface area contributed by atoms with Gasteiger partial charge in [0.2, 0.25) is 17.9 Å². The summed E-state index contributed by atoms with van der Waals surface area (Å²) < 4.78 is 27.6. The maximum atomic E-state index is 13.8. The average Bonchev–Trinajstić information content (AvgIpc) is 3.66. The predicted octanol–water partition coefficient (Wildman–Crippen LogP) is 9.42. The third kappa shape index (κ3) is 23.7. The molecule has 2 aliphatic heterocycles. The molecule has 0 aliphatic carbocycles. The van der Waals surface area contributed by atoms with Gasteiger partial charge in [-0.05, 0) is 166 Å². The number of rotatable bonds is 13. The fourth-order valence-corrected chi connectivity index (χ4v) is 7.36. The molecule has 2 heterocycles. The number of benzene rings is 1. The lowest BCUT2D eigenvalue weighted by molar-refractivity contribution is 0.0525. The van der Waals surface area contributed by atoms with E-state index in [9.17, 15) is 24.0 Å². The summed E-state index contributed by atoms with van der Waals surface area (Å²) in [5, 5.41) is 17.7. The Bertz CT molecular complexity index is 2250. The minimum absolute atomic E-state index is 0.00773. The van der Waals surface area contributed by atoms with Crippen molar-refractivity contribution in [1.82, 2.24) is 31.5 Å². The molecule has 73 heavy (non-hydrogen) atoms. The topological polar surface area (TPSA) is 244 Å². The van der Waals surface area contributed by atoms with Gasteiger partial charge in [-0.25, -0.2) is 38.9 Å². The van der Waals surface area contributed by atoms with Crippen molar-refractivity contribution in [2.75, 3.05) is 44.6 Å². The number of anilines is 1. The number of fused-ring (bicyclic) bond motifs is 3. The van der Waals surface area contributed by atoms with Gasteiger partial charge in [0.15, 0.2) is 0 Å². The van der Waals surface area contributed by atoms with E-state index in [1.165, 1.54) is 0 Å². The first-order valence-corrected chi connectivity index (χ1v) is 24.9. The maximum Gasteiger partial charge on any atom is 0.414 e. The van der Waals surface area contributed by atoms with Gasteiger partial charge in [-0.2, -0.15) is 0 Å². The molecule has 1 aromatic carbocycles. The van der Waals surface area contributed by atoms with Crippen LogP contribution in [0.3, 0.4) is 0 Å². The van der Waals surface area contributed by atoms with Crippen molar-refractivity contribution >= 4 is 53.9 Å². The van der Waals surface area contributed by atoms with E-state index in [0.717, 1.165) is 35.2 Å². The van der Waals surface area contributed by atoms with Crippen molar-refractivity contribution in [3.8, 4) is 0 Å². The zero-order valence-electron chi connectivity index (χ0n) is 46.4. The third-order valence-electron chi connectivity index (χ3n) is 10.2. The number of hydrogen-bond acceptors (Lipinski definition) is 14. The Labute approximate surface area is 433 Å². The van der Waals surface area contributed by atoms with Gasteiger partial charge in [-0.15, -0.1) is 0 Å². The van der Waals surface area contributed by atoms with E-state index in [2.05, 4.69) is 46.8 Å². The highest BCUT2D eigenvalue weighted by Crippen LogP contribution is 2.47. The van der Waals surface area contributed by atoms with Crippen LogP contribution in [-0.2, 0) is 23.7 Å². The summed E-state index contributed by atoms with van der Waals surface area (Å²) in [6.45, 7) is 32.4. The largest absolute Gasteiger partial charge is 0.458 e. The number of amides is 4. The summed E-state index contributed by atoms with van der Waals surface area (Å²) in [5.41, 5.74) is 1.79. The van der Waals surface area contributed by atoms with Gasteiger partial charge in [0.25, 0.3) is 0 Å². The summed E-state index contributed by atoms with van der Waals surface area (Å²) in [5.74, 6) is -0.0433. The van der Waals surface area contributed by atoms with Crippen molar-refractivity contribution in [3.05, 3.63) is 64.3 Å². The minimum atomic E-state index is -0.819. The fraction of sp³-hybridized carbons (Fsp3) is 0.623. The maximum absolute atomic E-state index is 13.8. The number of carbonyl (C=O) groups is 5. The standard InChI is InChI=1S/C53H84N10O10/c1-33(2)22-27-55-43(59-46(65)70-50(6,7)8)54-26-18-19-39-37-25-30-63(45(57-28-23-34(3)4)62-49(68)73-53(15,16)17)41(37)38-31-36(20-21-40(38)58-39)42(64)69-32-35(5)24-29-56-44(60-47(66)71-51(9,10)11)61-48(67)72-52(12,13)14/h20-24,31,37,39,41,58H,18-19,25-30,32H2,1-17H3,(H,57,62,68)(H2,54,55,59,65)(H2,56,60,61,66,67)/b35-24+/t37-,39-,41-/m0/s1. The summed E-state index contributed by atoms with van der Waals surface area (Å²) in [6.07, 6.45) is 4.93. The Balaban J connectivity index is 1.92. The normalized spacial score (nSPS) is 17.0. The van der Waals surface area contributed by atoms with E-state index in [-0.39, 0.29) is 37.1 Å². The molecule has 2 aliphatic rings. The van der Waals surface area contributed by atoms with Crippen LogP contribution in [0.15, 0.2) is 68.1 Å². The molecule has 3 atom stereocenters. The molecule has 1 fully saturated rings. The number of guanidine groups is 3. The number of ether oxygens (including phenoxy) is 5. The highest BCUT2D eigenvalue weighted by molar-refractivity contribution is 6.01. The Morgan fingerprint density at radius 1 is 0.658 bits per heavy atom. The van der Waals surface area contributed by atoms with E-state index in [4.69, 9.17) is 28.7 Å². The smallest absolute Gasteiger partial charge is 0.414 e. The molecule has 20 nitrogen and oxygen atoms in total. The highest BCUT2D eigenvalue weighted by atomic mass is 16.6. The Morgan fingerprint density at radius 3 is 1.66 bits per heavy atom. The number of allylic oxidation sites excluding steroid dienone is 2. The quantitative estimate of drug-likeness (QED) is 0.0270. The van der Waals surface area contributed by atoms with Crippen molar-refractivity contribution < 1.29 is 47.7 Å². The molecule has 0 unspecified atom stereocenters. The molecule has 20 heteroatoms. The van der Waals surface area contributed by atoms with Crippen LogP contribution in [0.25, 0.3) is 0 Å². The van der Waals surface area contributed by atoms with Gasteiger partial charge >= 0.3 is 30.3 Å². The molecule has 1 aromatic rings. The first-order chi connectivity index (χ1) is 33.8. The first kappa shape index (κ1) is 60.7. The van der Waals surface area contributed by atoms with Crippen LogP contribution in [0.2, 0.25) is 0 Å². The number of nitrogens with zero attached hydrogens (tertiary/aromatic N) is 4. The van der Waals surface area contributed by atoms with E-state index in [0.29, 0.717) is 55.7 Å². The third-order valence-corrected chi connectivity index (χ3v) is 10.2. The van der Waals surface area contributed by atoms with Gasteiger partial charge < -0.3 is 39.2 Å². The zero-order chi connectivity index (χ0) is 54.9. The summed E-state index contributed by atoms with van der Waals surface area (Å²) in [7, 11) is 0. The molecule has 4 amide bonds. The Morgan fingerprint density at radius 2 is 1.14 bits per heavy atom. The van der Waals surface area contributed by atoms with Gasteiger partial charge in [0.1, 0.15) is 29.0 Å². The summed E-state index contributed by atoms with van der Waals surface area (Å²) in [6, 6.07) is 5.08. The second-order valence-corrected chi connectivity index (χ2v) is 22.5. The van der Waals surface area contributed by atoms with Gasteiger partial charge in [-0.1, -0.05) is 29.4 Å². The van der Waals surface area contributed by atoms with Crippen LogP contribution in [0, 0.1) is 5.92 Å². The van der Waals surface area contributed by atoms with E-state index < -0.39 is 52.7 Å². The SMILES string of the molecule is CC(C)=CCN=C(NCCC[C@@H]1Nc2ccc(C(=O)OC/C(C)=C/CN=C(NC(=O)OC(C)(C)C)NC(=O)OC(C)(C)C)cc2[C@@H]2[C@H]1CCN2C(=NCC=C(C)C)NC(=O)OC(C)(C)C)NC(=O)OC(C)(C)C. The zero-order valence-corrected chi connectivity index (χ0v) is 46.4. The van der Waals surface area contributed by atoms with E-state index in [1.807, 2.05) is 52.0 Å². The second-order valence-electron chi connectivity index (χ2n) is 22.5. The number of aliphatic imine (C=N–C) groups is 3. The minimum Gasteiger partial charge on any atom is -0.458 e. The van der Waals surface area contributed by atoms with Gasteiger partial charge in [-0.3, -0.25) is 21.3 Å². The van der Waals surface area contributed by atoms with Crippen LogP contribution < -0.4 is 31.9 Å². The molecule has 406 valence electrons. The lowest BCUT2D eigenvalue weighted by atomic mass is 9.80. The molecule has 0 radical (unpaired) electrons. The van der Waals surface area contributed by atoms with Crippen LogP contribution >= 0.6 is 0 Å². The second kappa shape index (κ2) is 26.9. The molecule has 0 bridgehead atoms. The average molecular weight is 1020 g/mol. The van der Waals surface area contributed by atoms with Crippen molar-refractivity contribution in [2.24, 2.45) is 20.9 Å². The van der Waals surface area contributed by atoms with E-state index >= 15 is 0 Å². The molecular formula is C53H84N10O10. The van der Waals surface area contributed by atoms with Crippen LogP contribution in [0.4, 0.5) is 24.9 Å². The Hall–Kier alpha value is -6.60. The number of hydrogen-bond donors (Lipinski definition) is 6. The van der Waals surface area contributed by atoms with Crippen molar-refractivity contribution in [1.29, 1.82) is 0 Å². The van der Waals surface area contributed by atoms with Gasteiger partial charge in [0.05, 0.1) is 31.2 Å². The molecule has 0 spiro atoms. The number of esters is 1. The lowest BCUT2D eigenvalue weighted by Crippen LogP contribution is -2.48. The number of alkyl carbamates (subject to hydrolysis) is 4. The molecule has 0 saturated carbocycles. The molecule has 1 saturated heterocycles. The first-order valence-electron chi connectivity index (χ1n) is 24.9. The van der Waals surface area contributed by atoms with E-state index in [1.54, 1.807) is 102 Å². The molecule has 3 rings (SSSR count). The van der Waals surface area contributed by atoms with Gasteiger partial charge in [0, 0.05) is 30.7 Å². The van der Waals surface area contributed by atoms with Crippen molar-refractivity contribution in [2.45, 2.75) is 171 Å². The fourth-order valence-electron chi connectivity index (χ4n) is 7.36. The number of carbonyl (C=O) groups excluding carboxylic acids is 5. The molecule has 6 N–H and O–H groups in total. The van der Waals surface area contributed by atoms with Crippen LogP contribution in [-0.4, -0.2) is 121 Å². The van der Waals surface area contributed by atoms with Crippen molar-refractivity contribution in [3.63, 3.8) is 0 Å². The summed E-state index contributed by atoms with van der Waals surface area (Å²) >= 11 is 0. The lowest BCUT2D eigenvalue weighted by Gasteiger charge is -2.41. The van der Waals surface area contributed by atoms with Crippen LogP contribution in [0.5, 0.6) is 0 Å². The van der Waals surface area contributed by atoms with Crippen LogP contribution in [0.1, 0.15) is 159 Å². The molecule has 0 aromatic heterocycles. The number of likely N-dealkylation sites (tertiary alicyclic amines) is 1.